The average Bonchev–Trinajstić information content (AvgIpc) is 3.13. The minimum Gasteiger partial charge on any atom is -0.355 e. The summed E-state index contributed by atoms with van der Waals surface area (Å²) in [5.74, 6) is 0. The zero-order valence-electron chi connectivity index (χ0n) is 27.2. The van der Waals surface area contributed by atoms with E-state index >= 15 is 0 Å². The normalized spacial score (nSPS) is 11.3. The third-order valence-electron chi connectivity index (χ3n) is 8.81. The van der Waals surface area contributed by atoms with Gasteiger partial charge in [0.25, 0.3) is 0 Å². The smallest absolute Gasteiger partial charge is 0.0543 e. The number of rotatable bonds is 7. The minimum atomic E-state index is 0.000128. The fraction of sp³-hybridized carbons (Fsp3) is 0.0870. The average molecular weight is 606 g/mol. The molecule has 0 amide bonds. The van der Waals surface area contributed by atoms with Crippen LogP contribution in [0.5, 0.6) is 0 Å². The van der Waals surface area contributed by atoms with Gasteiger partial charge < -0.3 is 5.32 Å². The van der Waals surface area contributed by atoms with E-state index in [1.54, 1.807) is 0 Å². The zero-order chi connectivity index (χ0) is 32.2. The van der Waals surface area contributed by atoms with Crippen molar-refractivity contribution in [2.45, 2.75) is 26.2 Å². The lowest BCUT2D eigenvalue weighted by Gasteiger charge is -2.25. The predicted molar refractivity (Wildman–Crippen MR) is 202 cm³/mol. The highest BCUT2D eigenvalue weighted by Gasteiger charge is 2.21. The van der Waals surface area contributed by atoms with Gasteiger partial charge in [0.1, 0.15) is 0 Å². The van der Waals surface area contributed by atoms with Crippen molar-refractivity contribution in [3.63, 3.8) is 0 Å². The summed E-state index contributed by atoms with van der Waals surface area (Å²) in [7, 11) is 0. The van der Waals surface area contributed by atoms with Gasteiger partial charge in [0.05, 0.1) is 5.69 Å². The Balaban J connectivity index is 1.32. The Morgan fingerprint density at radius 2 is 0.681 bits per heavy atom. The molecule has 47 heavy (non-hydrogen) atoms. The summed E-state index contributed by atoms with van der Waals surface area (Å²) in [5, 5.41) is 3.87. The van der Waals surface area contributed by atoms with Crippen molar-refractivity contribution in [3.8, 4) is 55.6 Å². The molecule has 0 saturated heterocycles. The molecule has 7 rings (SSSR count). The summed E-state index contributed by atoms with van der Waals surface area (Å²) in [4.78, 5) is 0. The second-order valence-electron chi connectivity index (χ2n) is 13.2. The first kappa shape index (κ1) is 30.0. The predicted octanol–water partition coefficient (Wildman–Crippen LogP) is 13.1. The van der Waals surface area contributed by atoms with Crippen LogP contribution in [0.15, 0.2) is 176 Å². The molecule has 0 aliphatic carbocycles. The van der Waals surface area contributed by atoms with Gasteiger partial charge in [-0.05, 0) is 98.0 Å². The monoisotopic (exact) mass is 605 g/mol. The van der Waals surface area contributed by atoms with Gasteiger partial charge >= 0.3 is 0 Å². The van der Waals surface area contributed by atoms with Crippen LogP contribution in [0.4, 0.5) is 11.4 Å². The molecule has 7 aromatic rings. The number of hydrogen-bond donors (Lipinski definition) is 1. The highest BCUT2D eigenvalue weighted by atomic mass is 14.9. The van der Waals surface area contributed by atoms with Gasteiger partial charge in [-0.1, -0.05) is 154 Å². The second kappa shape index (κ2) is 13.0. The molecule has 0 heterocycles. The van der Waals surface area contributed by atoms with Crippen LogP contribution < -0.4 is 5.32 Å². The molecule has 0 aromatic heterocycles. The molecule has 7 aromatic carbocycles. The van der Waals surface area contributed by atoms with E-state index < -0.39 is 0 Å². The van der Waals surface area contributed by atoms with Crippen molar-refractivity contribution >= 4 is 11.4 Å². The van der Waals surface area contributed by atoms with Crippen LogP contribution in [0.1, 0.15) is 26.3 Å². The fourth-order valence-electron chi connectivity index (χ4n) is 6.18. The van der Waals surface area contributed by atoms with Crippen molar-refractivity contribution < 1.29 is 0 Å². The molecule has 0 unspecified atom stereocenters. The van der Waals surface area contributed by atoms with Crippen molar-refractivity contribution in [1.82, 2.24) is 0 Å². The second-order valence-corrected chi connectivity index (χ2v) is 13.2. The van der Waals surface area contributed by atoms with E-state index in [-0.39, 0.29) is 5.41 Å². The zero-order valence-corrected chi connectivity index (χ0v) is 27.2. The summed E-state index contributed by atoms with van der Waals surface area (Å²) in [6.07, 6.45) is 0. The van der Waals surface area contributed by atoms with Crippen molar-refractivity contribution in [2.75, 3.05) is 5.32 Å². The first-order chi connectivity index (χ1) is 22.9. The van der Waals surface area contributed by atoms with E-state index in [1.165, 1.54) is 61.2 Å². The lowest BCUT2D eigenvalue weighted by molar-refractivity contribution is 0.591. The van der Waals surface area contributed by atoms with Gasteiger partial charge in [0.2, 0.25) is 0 Å². The number of benzene rings is 7. The van der Waals surface area contributed by atoms with E-state index in [0.717, 1.165) is 11.4 Å². The molecule has 0 aliphatic rings. The Hall–Kier alpha value is -5.66. The SMILES string of the molecule is CC(C)(C)c1cc(-c2ccccc2)c(Nc2ccc(-c3cc(-c4ccccc4)cc(-c4ccccc4)c3)cc2)c(-c2ccccc2)c1. The molecule has 0 atom stereocenters. The number of nitrogens with one attached hydrogen (secondary N) is 1. The standard InChI is InChI=1S/C46H39N/c1-46(2,3)41-31-43(36-20-12-6-13-21-36)45(44(32-41)37-22-14-7-15-23-37)47-42-26-24-35(25-27-42)40-29-38(33-16-8-4-9-17-33)28-39(30-40)34-18-10-5-11-19-34/h4-32,47H,1-3H3. The Morgan fingerprint density at radius 1 is 0.340 bits per heavy atom. The Labute approximate surface area is 279 Å². The van der Waals surface area contributed by atoms with E-state index in [4.69, 9.17) is 0 Å². The van der Waals surface area contributed by atoms with Gasteiger partial charge in [-0.15, -0.1) is 0 Å². The Bertz CT molecular complexity index is 1970. The first-order valence-electron chi connectivity index (χ1n) is 16.4. The maximum absolute atomic E-state index is 3.87. The molecule has 0 radical (unpaired) electrons. The Morgan fingerprint density at radius 3 is 1.04 bits per heavy atom. The summed E-state index contributed by atoms with van der Waals surface area (Å²) in [6, 6.07) is 63.2. The molecule has 0 aliphatic heterocycles. The van der Waals surface area contributed by atoms with Crippen LogP contribution >= 0.6 is 0 Å². The first-order valence-corrected chi connectivity index (χ1v) is 16.4. The summed E-state index contributed by atoms with van der Waals surface area (Å²) in [6.45, 7) is 6.86. The molecule has 0 saturated carbocycles. The molecule has 0 fully saturated rings. The van der Waals surface area contributed by atoms with Crippen LogP contribution in [0.3, 0.4) is 0 Å². The van der Waals surface area contributed by atoms with Gasteiger partial charge in [-0.3, -0.25) is 0 Å². The maximum atomic E-state index is 3.87. The third kappa shape index (κ3) is 6.66. The fourth-order valence-corrected chi connectivity index (χ4v) is 6.18. The lowest BCUT2D eigenvalue weighted by atomic mass is 9.82. The van der Waals surface area contributed by atoms with Crippen LogP contribution in [-0.4, -0.2) is 0 Å². The van der Waals surface area contributed by atoms with Crippen molar-refractivity contribution in [1.29, 1.82) is 0 Å². The minimum absolute atomic E-state index is 0.000128. The number of anilines is 2. The quantitative estimate of drug-likeness (QED) is 0.191. The van der Waals surface area contributed by atoms with Gasteiger partial charge in [0.15, 0.2) is 0 Å². The highest BCUT2D eigenvalue weighted by Crippen LogP contribution is 2.43. The molecule has 228 valence electrons. The molecule has 0 bridgehead atoms. The summed E-state index contributed by atoms with van der Waals surface area (Å²) < 4.78 is 0. The summed E-state index contributed by atoms with van der Waals surface area (Å²) >= 11 is 0. The van der Waals surface area contributed by atoms with Crippen LogP contribution in [0.2, 0.25) is 0 Å². The van der Waals surface area contributed by atoms with E-state index in [1.807, 2.05) is 0 Å². The molecule has 1 nitrogen and oxygen atoms in total. The van der Waals surface area contributed by atoms with E-state index in [2.05, 4.69) is 202 Å². The lowest BCUT2D eigenvalue weighted by Crippen LogP contribution is -2.12. The van der Waals surface area contributed by atoms with Gasteiger partial charge in [-0.2, -0.15) is 0 Å². The van der Waals surface area contributed by atoms with Crippen LogP contribution in [0.25, 0.3) is 55.6 Å². The van der Waals surface area contributed by atoms with Gasteiger partial charge in [-0.25, -0.2) is 0 Å². The van der Waals surface area contributed by atoms with Crippen LogP contribution in [-0.2, 0) is 5.41 Å². The number of hydrogen-bond acceptors (Lipinski definition) is 1. The van der Waals surface area contributed by atoms with E-state index in [0.29, 0.717) is 0 Å². The van der Waals surface area contributed by atoms with Crippen molar-refractivity contribution in [3.05, 3.63) is 181 Å². The topological polar surface area (TPSA) is 12.0 Å². The molecule has 1 heteroatoms. The molecule has 0 spiro atoms. The molecule has 1 N–H and O–H groups in total. The van der Waals surface area contributed by atoms with Crippen molar-refractivity contribution in [2.24, 2.45) is 0 Å². The largest absolute Gasteiger partial charge is 0.355 e. The van der Waals surface area contributed by atoms with Gasteiger partial charge in [0, 0.05) is 16.8 Å². The van der Waals surface area contributed by atoms with E-state index in [9.17, 15) is 0 Å². The third-order valence-corrected chi connectivity index (χ3v) is 8.81. The maximum Gasteiger partial charge on any atom is 0.0543 e. The summed E-state index contributed by atoms with van der Waals surface area (Å²) in [5.41, 5.74) is 15.5. The molecular weight excluding hydrogens is 567 g/mol. The Kier molecular flexibility index (Phi) is 8.29. The highest BCUT2D eigenvalue weighted by molar-refractivity contribution is 5.94. The molecular formula is C46H39N. The van der Waals surface area contributed by atoms with Crippen LogP contribution in [0, 0.1) is 0 Å².